The van der Waals surface area contributed by atoms with E-state index < -0.39 is 0 Å². The normalized spacial score (nSPS) is 10.3. The molecule has 0 aromatic heterocycles. The van der Waals surface area contributed by atoms with Crippen LogP contribution in [0, 0.1) is 0 Å². The predicted molar refractivity (Wildman–Crippen MR) is 64.3 cm³/mol. The van der Waals surface area contributed by atoms with Gasteiger partial charge in [0.1, 0.15) is 5.75 Å². The average molecular weight is 217 g/mol. The van der Waals surface area contributed by atoms with Gasteiger partial charge in [0, 0.05) is 0 Å². The van der Waals surface area contributed by atoms with Crippen LogP contribution in [-0.4, -0.2) is 19.0 Å². The number of hydrogen-bond donors (Lipinski definition) is 1. The van der Waals surface area contributed by atoms with E-state index in [1.54, 1.807) is 11.8 Å². The van der Waals surface area contributed by atoms with Gasteiger partial charge >= 0.3 is 7.69 Å². The average Bonchev–Trinajstić information content (AvgIpc) is 2.29. The van der Waals surface area contributed by atoms with Crippen molar-refractivity contribution < 1.29 is 9.68 Å². The zero-order valence-corrected chi connectivity index (χ0v) is 9.12. The van der Waals surface area contributed by atoms with Crippen LogP contribution < -0.4 is 4.65 Å². The fourth-order valence-electron chi connectivity index (χ4n) is 1.58. The molecule has 2 aromatic carbocycles. The second kappa shape index (κ2) is 4.60. The summed E-state index contributed by atoms with van der Waals surface area (Å²) in [7, 11) is 0.712. The monoisotopic (exact) mass is 217 g/mol. The molecule has 2 nitrogen and oxygen atoms in total. The van der Waals surface area contributed by atoms with Crippen molar-refractivity contribution in [2.45, 2.75) is 4.90 Å². The van der Waals surface area contributed by atoms with E-state index in [9.17, 15) is 0 Å². The Morgan fingerprint density at radius 2 is 2.00 bits per heavy atom. The molecule has 0 aliphatic rings. The highest BCUT2D eigenvalue weighted by Crippen LogP contribution is 2.34. The van der Waals surface area contributed by atoms with Crippen LogP contribution in [0.4, 0.5) is 0 Å². The molecule has 0 fully saturated rings. The van der Waals surface area contributed by atoms with Crippen LogP contribution >= 0.6 is 11.8 Å². The fraction of sp³-hybridized carbons (Fsp3) is 0.0909. The summed E-state index contributed by atoms with van der Waals surface area (Å²) in [5, 5.41) is 11.0. The first-order valence-electron chi connectivity index (χ1n) is 4.55. The lowest BCUT2D eigenvalue weighted by Crippen LogP contribution is -2.00. The summed E-state index contributed by atoms with van der Waals surface area (Å²) in [5.41, 5.74) is 0. The van der Waals surface area contributed by atoms with E-state index in [1.165, 1.54) is 5.39 Å². The Hall–Kier alpha value is -1.13. The van der Waals surface area contributed by atoms with E-state index in [1.807, 2.05) is 36.6 Å². The Morgan fingerprint density at radius 1 is 1.20 bits per heavy atom. The lowest BCUT2D eigenvalue weighted by atomic mass is 10.1. The van der Waals surface area contributed by atoms with Gasteiger partial charge in [-0.05, 0) is 23.1 Å². The molecule has 0 spiro atoms. The van der Waals surface area contributed by atoms with Gasteiger partial charge in [-0.25, -0.2) is 0 Å². The lowest BCUT2D eigenvalue weighted by molar-refractivity contribution is 0.448. The third-order valence-corrected chi connectivity index (χ3v) is 3.06. The summed E-state index contributed by atoms with van der Waals surface area (Å²) >= 11 is 1.61. The highest BCUT2D eigenvalue weighted by atomic mass is 32.2. The summed E-state index contributed by atoms with van der Waals surface area (Å²) in [4.78, 5) is 1.04. The quantitative estimate of drug-likeness (QED) is 0.632. The molecule has 0 amide bonds. The zero-order chi connectivity index (χ0) is 10.7. The molecule has 1 N–H and O–H groups in total. The molecular formula is C11H10BO2S. The van der Waals surface area contributed by atoms with Crippen molar-refractivity contribution >= 4 is 30.2 Å². The number of hydrogen-bond acceptors (Lipinski definition) is 3. The van der Waals surface area contributed by atoms with E-state index in [-0.39, 0.29) is 0 Å². The largest absolute Gasteiger partial charge is 0.569 e. The van der Waals surface area contributed by atoms with Crippen molar-refractivity contribution in [3.05, 3.63) is 36.4 Å². The van der Waals surface area contributed by atoms with Crippen molar-refractivity contribution in [1.29, 1.82) is 0 Å². The van der Waals surface area contributed by atoms with Crippen LogP contribution in [0.5, 0.6) is 5.75 Å². The van der Waals surface area contributed by atoms with Gasteiger partial charge in [-0.3, -0.25) is 0 Å². The van der Waals surface area contributed by atoms with E-state index in [2.05, 4.69) is 6.07 Å². The van der Waals surface area contributed by atoms with Crippen LogP contribution in [0.25, 0.3) is 10.8 Å². The maximum absolute atomic E-state index is 8.66. The number of fused-ring (bicyclic) bond motifs is 1. The molecule has 2 aromatic rings. The van der Waals surface area contributed by atoms with Crippen LogP contribution in [0.2, 0.25) is 0 Å². The smallest absolute Gasteiger partial charge is 0.537 e. The van der Waals surface area contributed by atoms with Crippen molar-refractivity contribution in [2.24, 2.45) is 0 Å². The molecule has 0 aliphatic heterocycles. The second-order valence-corrected chi connectivity index (χ2v) is 3.86. The minimum atomic E-state index is 0.684. The minimum Gasteiger partial charge on any atom is -0.537 e. The highest BCUT2D eigenvalue weighted by Gasteiger charge is 2.07. The zero-order valence-electron chi connectivity index (χ0n) is 8.31. The molecule has 0 atom stereocenters. The Bertz CT molecular complexity index is 473. The van der Waals surface area contributed by atoms with E-state index >= 15 is 0 Å². The predicted octanol–water partition coefficient (Wildman–Crippen LogP) is 2.47. The van der Waals surface area contributed by atoms with Gasteiger partial charge in [-0.2, -0.15) is 0 Å². The summed E-state index contributed by atoms with van der Waals surface area (Å²) in [6.45, 7) is 0. The van der Waals surface area contributed by atoms with Gasteiger partial charge in [0.2, 0.25) is 0 Å². The Kier molecular flexibility index (Phi) is 3.19. The number of rotatable bonds is 3. The standard InChI is InChI=1S/C11H10BO2S/c1-15-11-9-5-3-2-4-8(9)6-7-10(11)14-12-13/h2-7,13H,1H3. The Balaban J connectivity index is 2.64. The summed E-state index contributed by atoms with van der Waals surface area (Å²) < 4.78 is 5.05. The van der Waals surface area contributed by atoms with Crippen LogP contribution in [-0.2, 0) is 0 Å². The van der Waals surface area contributed by atoms with Crippen molar-refractivity contribution in [2.75, 3.05) is 6.26 Å². The minimum absolute atomic E-state index is 0.684. The highest BCUT2D eigenvalue weighted by molar-refractivity contribution is 7.99. The van der Waals surface area contributed by atoms with E-state index in [4.69, 9.17) is 9.68 Å². The SMILES string of the molecule is CSc1c(O[B]O)ccc2ccccc12. The van der Waals surface area contributed by atoms with Gasteiger partial charge < -0.3 is 9.68 Å². The van der Waals surface area contributed by atoms with Crippen LogP contribution in [0.1, 0.15) is 0 Å². The number of benzene rings is 2. The maximum atomic E-state index is 8.66. The van der Waals surface area contributed by atoms with Gasteiger partial charge in [0.15, 0.2) is 0 Å². The second-order valence-electron chi connectivity index (χ2n) is 3.04. The summed E-state index contributed by atoms with van der Waals surface area (Å²) in [6.07, 6.45) is 1.99. The molecule has 15 heavy (non-hydrogen) atoms. The molecule has 75 valence electrons. The molecule has 0 heterocycles. The van der Waals surface area contributed by atoms with Gasteiger partial charge in [0.05, 0.1) is 4.90 Å². The van der Waals surface area contributed by atoms with E-state index in [0.717, 1.165) is 10.3 Å². The summed E-state index contributed by atoms with van der Waals surface area (Å²) in [6, 6.07) is 11.9. The lowest BCUT2D eigenvalue weighted by Gasteiger charge is -2.10. The summed E-state index contributed by atoms with van der Waals surface area (Å²) in [5.74, 6) is 0.684. The number of thioether (sulfide) groups is 1. The first-order valence-corrected chi connectivity index (χ1v) is 5.77. The van der Waals surface area contributed by atoms with Crippen LogP contribution in [0.3, 0.4) is 0 Å². The van der Waals surface area contributed by atoms with Gasteiger partial charge in [-0.15, -0.1) is 11.8 Å². The van der Waals surface area contributed by atoms with Gasteiger partial charge in [-0.1, -0.05) is 30.3 Å². The van der Waals surface area contributed by atoms with Crippen LogP contribution in [0.15, 0.2) is 41.3 Å². The molecular weight excluding hydrogens is 207 g/mol. The molecule has 0 unspecified atom stereocenters. The molecule has 4 heteroatoms. The van der Waals surface area contributed by atoms with Crippen molar-refractivity contribution in [1.82, 2.24) is 0 Å². The Labute approximate surface area is 93.6 Å². The molecule has 0 saturated carbocycles. The Morgan fingerprint density at radius 3 is 2.73 bits per heavy atom. The maximum Gasteiger partial charge on any atom is 0.569 e. The third-order valence-electron chi connectivity index (χ3n) is 2.23. The fourth-order valence-corrected chi connectivity index (χ4v) is 2.31. The topological polar surface area (TPSA) is 29.5 Å². The van der Waals surface area contributed by atoms with E-state index in [0.29, 0.717) is 13.4 Å². The molecule has 1 radical (unpaired) electrons. The molecule has 0 saturated heterocycles. The van der Waals surface area contributed by atoms with Crippen molar-refractivity contribution in [3.8, 4) is 5.75 Å². The first-order chi connectivity index (χ1) is 7.36. The molecule has 0 bridgehead atoms. The van der Waals surface area contributed by atoms with Crippen molar-refractivity contribution in [3.63, 3.8) is 0 Å². The molecule has 2 rings (SSSR count). The molecule has 0 aliphatic carbocycles. The third kappa shape index (κ3) is 1.96. The first kappa shape index (κ1) is 10.4. The van der Waals surface area contributed by atoms with Gasteiger partial charge in [0.25, 0.3) is 0 Å².